The van der Waals surface area contributed by atoms with Crippen molar-refractivity contribution in [2.45, 2.75) is 31.9 Å². The molecule has 0 unspecified atom stereocenters. The quantitative estimate of drug-likeness (QED) is 0.596. The molecule has 2 N–H and O–H groups in total. The predicted octanol–water partition coefficient (Wildman–Crippen LogP) is 4.68. The van der Waals surface area contributed by atoms with Crippen molar-refractivity contribution in [1.29, 1.82) is 0 Å². The van der Waals surface area contributed by atoms with Gasteiger partial charge in [-0.3, -0.25) is 9.80 Å². The van der Waals surface area contributed by atoms with Crippen LogP contribution in [0.3, 0.4) is 0 Å². The van der Waals surface area contributed by atoms with E-state index in [0.29, 0.717) is 12.2 Å². The molecule has 33 heavy (non-hydrogen) atoms. The van der Waals surface area contributed by atoms with Gasteiger partial charge in [0.2, 0.25) is 0 Å². The molecule has 2 aliphatic rings. The normalized spacial score (nSPS) is 18.0. The number of anilines is 1. The summed E-state index contributed by atoms with van der Waals surface area (Å²) in [6.07, 6.45) is 1.17. The molecule has 1 aromatic heterocycles. The topological polar surface area (TPSA) is 85.9 Å². The second-order valence-electron chi connectivity index (χ2n) is 8.98. The Bertz CT molecular complexity index is 1160. The fourth-order valence-electron chi connectivity index (χ4n) is 4.85. The van der Waals surface area contributed by atoms with Crippen LogP contribution in [0.4, 0.5) is 10.5 Å². The molecule has 170 valence electrons. The molecule has 3 aromatic rings. The van der Waals surface area contributed by atoms with Crippen molar-refractivity contribution in [1.82, 2.24) is 9.88 Å². The highest BCUT2D eigenvalue weighted by Gasteiger charge is 2.47. The van der Waals surface area contributed by atoms with Crippen molar-refractivity contribution >= 4 is 17.7 Å². The van der Waals surface area contributed by atoms with Crippen molar-refractivity contribution < 1.29 is 19.4 Å². The molecule has 0 bridgehead atoms. The molecule has 3 heterocycles. The van der Waals surface area contributed by atoms with Crippen LogP contribution >= 0.6 is 0 Å². The molecule has 7 nitrogen and oxygen atoms in total. The molecule has 2 aromatic carbocycles. The van der Waals surface area contributed by atoms with Gasteiger partial charge in [-0.05, 0) is 42.8 Å². The third-order valence-electron chi connectivity index (χ3n) is 6.66. The van der Waals surface area contributed by atoms with Crippen LogP contribution in [0.25, 0.3) is 11.1 Å². The molecule has 0 radical (unpaired) electrons. The lowest BCUT2D eigenvalue weighted by atomic mass is 9.91. The van der Waals surface area contributed by atoms with E-state index in [1.54, 1.807) is 17.0 Å². The fraction of sp³-hybridized carbons (Fsp3) is 0.308. The van der Waals surface area contributed by atoms with E-state index in [0.717, 1.165) is 38.2 Å². The Hall–Kier alpha value is -3.58. The summed E-state index contributed by atoms with van der Waals surface area (Å²) in [5.74, 6) is -0.984. The summed E-state index contributed by atoms with van der Waals surface area (Å²) in [5.41, 5.74) is 5.16. The van der Waals surface area contributed by atoms with Crippen molar-refractivity contribution in [2.24, 2.45) is 0 Å². The van der Waals surface area contributed by atoms with Crippen molar-refractivity contribution in [2.75, 3.05) is 24.5 Å². The van der Waals surface area contributed by atoms with E-state index in [2.05, 4.69) is 47.1 Å². The number of aromatic nitrogens is 1. The Labute approximate surface area is 192 Å². The van der Waals surface area contributed by atoms with Crippen LogP contribution in [0.2, 0.25) is 0 Å². The number of aromatic amines is 1. The number of carboxylic acids is 1. The standard InChI is InChI=1S/C26H27N3O4/c1-18-15-22(19-5-3-2-4-6-19)23(27-18)16-28-13-11-26(12-14-28)17-29(25(32)33-26)21-9-7-20(8-10-21)24(30)31/h2-10,15,27H,11-14,16-17H2,1H3,(H,30,31). The highest BCUT2D eigenvalue weighted by atomic mass is 16.6. The van der Waals surface area contributed by atoms with Gasteiger partial charge in [0, 0.05) is 55.1 Å². The summed E-state index contributed by atoms with van der Waals surface area (Å²) in [7, 11) is 0. The second-order valence-corrected chi connectivity index (χ2v) is 8.98. The predicted molar refractivity (Wildman–Crippen MR) is 125 cm³/mol. The summed E-state index contributed by atoms with van der Waals surface area (Å²) in [4.78, 5) is 31.2. The van der Waals surface area contributed by atoms with E-state index in [4.69, 9.17) is 9.84 Å². The molecule has 2 fully saturated rings. The maximum Gasteiger partial charge on any atom is 0.415 e. The zero-order valence-electron chi connectivity index (χ0n) is 18.6. The van der Waals surface area contributed by atoms with Crippen LogP contribution in [0.1, 0.15) is 34.6 Å². The first-order chi connectivity index (χ1) is 15.9. The number of aryl methyl sites for hydroxylation is 1. The SMILES string of the molecule is Cc1cc(-c2ccccc2)c(CN2CCC3(CC2)CN(c2ccc(C(=O)O)cc2)C(=O)O3)[nH]1. The molecular formula is C26H27N3O4. The van der Waals surface area contributed by atoms with E-state index in [1.807, 2.05) is 6.07 Å². The number of rotatable bonds is 5. The van der Waals surface area contributed by atoms with Gasteiger partial charge < -0.3 is 14.8 Å². The molecule has 0 aliphatic carbocycles. The third kappa shape index (κ3) is 4.24. The minimum absolute atomic E-state index is 0.198. The summed E-state index contributed by atoms with van der Waals surface area (Å²) in [6.45, 7) is 5.07. The van der Waals surface area contributed by atoms with Gasteiger partial charge in [0.15, 0.2) is 0 Å². The van der Waals surface area contributed by atoms with Gasteiger partial charge in [-0.2, -0.15) is 0 Å². The zero-order valence-corrected chi connectivity index (χ0v) is 18.6. The monoisotopic (exact) mass is 445 g/mol. The summed E-state index contributed by atoms with van der Waals surface area (Å²) in [6, 6.07) is 19.0. The Morgan fingerprint density at radius 3 is 2.45 bits per heavy atom. The molecule has 2 aliphatic heterocycles. The number of carboxylic acid groups (broad SMARTS) is 1. The van der Waals surface area contributed by atoms with Gasteiger partial charge in [-0.1, -0.05) is 30.3 Å². The third-order valence-corrected chi connectivity index (χ3v) is 6.66. The molecule has 0 atom stereocenters. The number of carbonyl (C=O) groups excluding carboxylic acids is 1. The number of carbonyl (C=O) groups is 2. The smallest absolute Gasteiger partial charge is 0.415 e. The van der Waals surface area contributed by atoms with Crippen LogP contribution in [0.5, 0.6) is 0 Å². The second kappa shape index (κ2) is 8.41. The van der Waals surface area contributed by atoms with Gasteiger partial charge in [0.1, 0.15) is 5.60 Å². The van der Waals surface area contributed by atoms with E-state index in [-0.39, 0.29) is 11.7 Å². The van der Waals surface area contributed by atoms with Crippen LogP contribution in [-0.4, -0.2) is 52.3 Å². The molecule has 2 saturated heterocycles. The minimum Gasteiger partial charge on any atom is -0.478 e. The number of ether oxygens (including phenoxy) is 1. The van der Waals surface area contributed by atoms with Crippen LogP contribution < -0.4 is 4.90 Å². The number of piperidine rings is 1. The highest BCUT2D eigenvalue weighted by Crippen LogP contribution is 2.36. The van der Waals surface area contributed by atoms with Gasteiger partial charge in [-0.15, -0.1) is 0 Å². The lowest BCUT2D eigenvalue weighted by molar-refractivity contribution is -0.00118. The first-order valence-electron chi connectivity index (χ1n) is 11.2. The molecule has 5 rings (SSSR count). The number of aromatic carboxylic acids is 1. The van der Waals surface area contributed by atoms with E-state index in [1.165, 1.54) is 29.0 Å². The van der Waals surface area contributed by atoms with E-state index < -0.39 is 11.6 Å². The minimum atomic E-state index is -0.984. The van der Waals surface area contributed by atoms with Crippen LogP contribution in [-0.2, 0) is 11.3 Å². The van der Waals surface area contributed by atoms with Crippen molar-refractivity contribution in [3.63, 3.8) is 0 Å². The highest BCUT2D eigenvalue weighted by molar-refractivity contribution is 5.92. The van der Waals surface area contributed by atoms with E-state index >= 15 is 0 Å². The maximum atomic E-state index is 12.6. The molecular weight excluding hydrogens is 418 g/mol. The molecule has 1 amide bonds. The maximum absolute atomic E-state index is 12.6. The Kier molecular flexibility index (Phi) is 5.42. The summed E-state index contributed by atoms with van der Waals surface area (Å²) in [5, 5.41) is 9.09. The van der Waals surface area contributed by atoms with Gasteiger partial charge >= 0.3 is 12.1 Å². The van der Waals surface area contributed by atoms with Gasteiger partial charge in [0.25, 0.3) is 0 Å². The molecule has 7 heteroatoms. The lowest BCUT2D eigenvalue weighted by Crippen LogP contribution is -2.46. The average Bonchev–Trinajstić information content (AvgIpc) is 3.35. The van der Waals surface area contributed by atoms with Gasteiger partial charge in [-0.25, -0.2) is 9.59 Å². The van der Waals surface area contributed by atoms with Crippen LogP contribution in [0.15, 0.2) is 60.7 Å². The summed E-state index contributed by atoms with van der Waals surface area (Å²) < 4.78 is 5.87. The number of H-pyrrole nitrogens is 1. The fourth-order valence-corrected chi connectivity index (χ4v) is 4.85. The van der Waals surface area contributed by atoms with E-state index in [9.17, 15) is 9.59 Å². The Morgan fingerprint density at radius 2 is 1.79 bits per heavy atom. The Morgan fingerprint density at radius 1 is 1.09 bits per heavy atom. The first kappa shape index (κ1) is 21.3. The molecule has 1 spiro atoms. The van der Waals surface area contributed by atoms with Crippen molar-refractivity contribution in [3.05, 3.63) is 77.6 Å². The first-order valence-corrected chi connectivity index (χ1v) is 11.2. The number of hydrogen-bond donors (Lipinski definition) is 2. The zero-order chi connectivity index (χ0) is 23.0. The average molecular weight is 446 g/mol. The largest absolute Gasteiger partial charge is 0.478 e. The Balaban J connectivity index is 1.24. The van der Waals surface area contributed by atoms with Crippen LogP contribution in [0, 0.1) is 6.92 Å². The number of hydrogen-bond acceptors (Lipinski definition) is 4. The summed E-state index contributed by atoms with van der Waals surface area (Å²) >= 11 is 0. The number of nitrogens with one attached hydrogen (secondary N) is 1. The number of likely N-dealkylation sites (tertiary alicyclic amines) is 1. The van der Waals surface area contributed by atoms with Gasteiger partial charge in [0.05, 0.1) is 12.1 Å². The lowest BCUT2D eigenvalue weighted by Gasteiger charge is -2.37. The van der Waals surface area contributed by atoms with Crippen molar-refractivity contribution in [3.8, 4) is 11.1 Å². The number of amides is 1. The number of benzene rings is 2. The molecule has 0 saturated carbocycles. The number of nitrogens with zero attached hydrogens (tertiary/aromatic N) is 2.